The van der Waals surface area contributed by atoms with Crippen LogP contribution in [0.4, 0.5) is 5.69 Å². The van der Waals surface area contributed by atoms with Gasteiger partial charge in [0.15, 0.2) is 0 Å². The molecule has 2 heteroatoms. The number of benzene rings is 2. The van der Waals surface area contributed by atoms with Crippen LogP contribution >= 0.6 is 0 Å². The molecule has 19 heavy (non-hydrogen) atoms. The van der Waals surface area contributed by atoms with Crippen LogP contribution in [0.15, 0.2) is 42.5 Å². The zero-order valence-corrected chi connectivity index (χ0v) is 11.6. The molecule has 0 N–H and O–H groups in total. The third kappa shape index (κ3) is 3.14. The summed E-state index contributed by atoms with van der Waals surface area (Å²) in [6, 6.07) is 16.5. The van der Waals surface area contributed by atoms with E-state index in [4.69, 9.17) is 5.26 Å². The van der Waals surface area contributed by atoms with Crippen molar-refractivity contribution in [3.05, 3.63) is 64.7 Å². The highest BCUT2D eigenvalue weighted by Crippen LogP contribution is 2.20. The van der Waals surface area contributed by atoms with Crippen molar-refractivity contribution in [2.45, 2.75) is 20.4 Å². The van der Waals surface area contributed by atoms with E-state index >= 15 is 0 Å². The third-order valence-electron chi connectivity index (χ3n) is 3.19. The standard InChI is InChI=1S/C17H18N2/c1-13-8-14(2)10-17(9-13)19(3)12-16-7-5-4-6-15(16)11-18/h4-10H,12H2,1-3H3. The van der Waals surface area contributed by atoms with Gasteiger partial charge in [-0.25, -0.2) is 0 Å². The Kier molecular flexibility index (Phi) is 3.87. The molecule has 2 rings (SSSR count). The largest absolute Gasteiger partial charge is 0.370 e. The van der Waals surface area contributed by atoms with Gasteiger partial charge in [-0.1, -0.05) is 24.3 Å². The molecular formula is C17H18N2. The quantitative estimate of drug-likeness (QED) is 0.828. The summed E-state index contributed by atoms with van der Waals surface area (Å²) in [5, 5.41) is 9.12. The molecule has 0 aromatic heterocycles. The molecular weight excluding hydrogens is 232 g/mol. The van der Waals surface area contributed by atoms with Gasteiger partial charge in [0.2, 0.25) is 0 Å². The Bertz CT molecular complexity index is 603. The van der Waals surface area contributed by atoms with Crippen LogP contribution < -0.4 is 4.90 Å². The van der Waals surface area contributed by atoms with Gasteiger partial charge in [0.25, 0.3) is 0 Å². The molecule has 0 aliphatic heterocycles. The lowest BCUT2D eigenvalue weighted by atomic mass is 10.1. The maximum Gasteiger partial charge on any atom is 0.0995 e. The predicted octanol–water partition coefficient (Wildman–Crippen LogP) is 3.81. The molecule has 0 aliphatic rings. The third-order valence-corrected chi connectivity index (χ3v) is 3.19. The van der Waals surface area contributed by atoms with Gasteiger partial charge in [0.05, 0.1) is 11.6 Å². The van der Waals surface area contributed by atoms with E-state index in [2.05, 4.69) is 50.1 Å². The normalized spacial score (nSPS) is 10.0. The van der Waals surface area contributed by atoms with E-state index in [0.717, 1.165) is 17.7 Å². The monoisotopic (exact) mass is 250 g/mol. The maximum absolute atomic E-state index is 9.12. The first kappa shape index (κ1) is 13.2. The average Bonchev–Trinajstić information content (AvgIpc) is 2.38. The zero-order chi connectivity index (χ0) is 13.8. The lowest BCUT2D eigenvalue weighted by Gasteiger charge is -2.21. The SMILES string of the molecule is Cc1cc(C)cc(N(C)Cc2ccccc2C#N)c1. The smallest absolute Gasteiger partial charge is 0.0995 e. The molecule has 96 valence electrons. The fraction of sp³-hybridized carbons (Fsp3) is 0.235. The van der Waals surface area contributed by atoms with Crippen molar-refractivity contribution in [3.8, 4) is 6.07 Å². The average molecular weight is 250 g/mol. The minimum atomic E-state index is 0.743. The number of anilines is 1. The lowest BCUT2D eigenvalue weighted by Crippen LogP contribution is -2.17. The van der Waals surface area contributed by atoms with Crippen molar-refractivity contribution in [2.75, 3.05) is 11.9 Å². The second-order valence-electron chi connectivity index (χ2n) is 4.97. The summed E-state index contributed by atoms with van der Waals surface area (Å²) >= 11 is 0. The summed E-state index contributed by atoms with van der Waals surface area (Å²) < 4.78 is 0. The van der Waals surface area contributed by atoms with Crippen molar-refractivity contribution in [1.29, 1.82) is 5.26 Å². The predicted molar refractivity (Wildman–Crippen MR) is 79.2 cm³/mol. The molecule has 0 amide bonds. The van der Waals surface area contributed by atoms with E-state index in [9.17, 15) is 0 Å². The molecule has 0 atom stereocenters. The minimum absolute atomic E-state index is 0.743. The van der Waals surface area contributed by atoms with Crippen LogP contribution in [0.1, 0.15) is 22.3 Å². The molecule has 2 aromatic rings. The summed E-state index contributed by atoms with van der Waals surface area (Å²) in [7, 11) is 2.06. The van der Waals surface area contributed by atoms with Crippen molar-refractivity contribution in [3.63, 3.8) is 0 Å². The molecule has 0 heterocycles. The van der Waals surface area contributed by atoms with Gasteiger partial charge < -0.3 is 4.90 Å². The fourth-order valence-corrected chi connectivity index (χ4v) is 2.29. The Hall–Kier alpha value is -2.27. The number of hydrogen-bond donors (Lipinski definition) is 0. The molecule has 0 aliphatic carbocycles. The molecule has 0 saturated heterocycles. The van der Waals surface area contributed by atoms with Crippen LogP contribution in [0.25, 0.3) is 0 Å². The number of hydrogen-bond acceptors (Lipinski definition) is 2. The Labute approximate surface area is 114 Å². The molecule has 0 saturated carbocycles. The molecule has 0 unspecified atom stereocenters. The van der Waals surface area contributed by atoms with E-state index in [1.165, 1.54) is 16.8 Å². The highest BCUT2D eigenvalue weighted by atomic mass is 15.1. The van der Waals surface area contributed by atoms with Crippen LogP contribution in [-0.2, 0) is 6.54 Å². The first-order valence-corrected chi connectivity index (χ1v) is 6.37. The zero-order valence-electron chi connectivity index (χ0n) is 11.6. The lowest BCUT2D eigenvalue weighted by molar-refractivity contribution is 0.917. The summed E-state index contributed by atoms with van der Waals surface area (Å²) in [4.78, 5) is 2.18. The summed E-state index contributed by atoms with van der Waals surface area (Å²) in [5.41, 5.74) is 5.52. The second-order valence-corrected chi connectivity index (χ2v) is 4.97. The van der Waals surface area contributed by atoms with E-state index < -0.39 is 0 Å². The van der Waals surface area contributed by atoms with Crippen molar-refractivity contribution in [2.24, 2.45) is 0 Å². The minimum Gasteiger partial charge on any atom is -0.370 e. The highest BCUT2D eigenvalue weighted by molar-refractivity contribution is 5.51. The van der Waals surface area contributed by atoms with Crippen LogP contribution in [-0.4, -0.2) is 7.05 Å². The topological polar surface area (TPSA) is 27.0 Å². The maximum atomic E-state index is 9.12. The number of nitriles is 1. The van der Waals surface area contributed by atoms with Gasteiger partial charge in [0.1, 0.15) is 0 Å². The van der Waals surface area contributed by atoms with Crippen LogP contribution in [0, 0.1) is 25.2 Å². The van der Waals surface area contributed by atoms with Crippen LogP contribution in [0.5, 0.6) is 0 Å². The first-order valence-electron chi connectivity index (χ1n) is 6.37. The van der Waals surface area contributed by atoms with Crippen molar-refractivity contribution < 1.29 is 0 Å². The van der Waals surface area contributed by atoms with Crippen molar-refractivity contribution in [1.82, 2.24) is 0 Å². The van der Waals surface area contributed by atoms with Crippen molar-refractivity contribution >= 4 is 5.69 Å². The molecule has 0 fully saturated rings. The number of aryl methyl sites for hydroxylation is 2. The first-order chi connectivity index (χ1) is 9.10. The van der Waals surface area contributed by atoms with Gasteiger partial charge in [-0.05, 0) is 48.7 Å². The van der Waals surface area contributed by atoms with Crippen LogP contribution in [0.2, 0.25) is 0 Å². The van der Waals surface area contributed by atoms with Gasteiger partial charge in [0, 0.05) is 19.3 Å². The number of rotatable bonds is 3. The van der Waals surface area contributed by atoms with E-state index in [0.29, 0.717) is 0 Å². The number of nitrogens with zero attached hydrogens (tertiary/aromatic N) is 2. The summed E-state index contributed by atoms with van der Waals surface area (Å²) in [6.45, 7) is 4.95. The molecule has 2 aromatic carbocycles. The Balaban J connectivity index is 2.26. The molecule has 2 nitrogen and oxygen atoms in total. The highest BCUT2D eigenvalue weighted by Gasteiger charge is 2.06. The van der Waals surface area contributed by atoms with Gasteiger partial charge in [-0.3, -0.25) is 0 Å². The summed E-state index contributed by atoms with van der Waals surface area (Å²) in [5.74, 6) is 0. The fourth-order valence-electron chi connectivity index (χ4n) is 2.29. The Morgan fingerprint density at radius 3 is 2.32 bits per heavy atom. The molecule has 0 bridgehead atoms. The van der Waals surface area contributed by atoms with E-state index in [1.807, 2.05) is 24.3 Å². The summed E-state index contributed by atoms with van der Waals surface area (Å²) in [6.07, 6.45) is 0. The van der Waals surface area contributed by atoms with Gasteiger partial charge in [-0.2, -0.15) is 5.26 Å². The van der Waals surface area contributed by atoms with E-state index in [1.54, 1.807) is 0 Å². The van der Waals surface area contributed by atoms with Crippen LogP contribution in [0.3, 0.4) is 0 Å². The molecule has 0 spiro atoms. The second kappa shape index (κ2) is 5.58. The Morgan fingerprint density at radius 2 is 1.68 bits per heavy atom. The Morgan fingerprint density at radius 1 is 1.05 bits per heavy atom. The van der Waals surface area contributed by atoms with Gasteiger partial charge in [-0.15, -0.1) is 0 Å². The van der Waals surface area contributed by atoms with E-state index in [-0.39, 0.29) is 0 Å². The molecule has 0 radical (unpaired) electrons. The van der Waals surface area contributed by atoms with Gasteiger partial charge >= 0.3 is 0 Å².